The van der Waals surface area contributed by atoms with Gasteiger partial charge in [-0.2, -0.15) is 0 Å². The maximum Gasteiger partial charge on any atom is 0.134 e. The summed E-state index contributed by atoms with van der Waals surface area (Å²) in [6.07, 6.45) is 8.17. The van der Waals surface area contributed by atoms with Crippen LogP contribution < -0.4 is 5.32 Å². The summed E-state index contributed by atoms with van der Waals surface area (Å²) in [4.78, 5) is 0. The molecule has 0 radical (unpaired) electrons. The average Bonchev–Trinajstić information content (AvgIpc) is 2.98. The minimum atomic E-state index is -0.228. The molecule has 1 aliphatic rings. The van der Waals surface area contributed by atoms with Crippen molar-refractivity contribution in [2.75, 3.05) is 6.54 Å². The fourth-order valence-corrected chi connectivity index (χ4v) is 2.68. The number of furan rings is 1. The molecule has 1 unspecified atom stereocenters. The van der Waals surface area contributed by atoms with Crippen LogP contribution in [0.25, 0.3) is 11.3 Å². The van der Waals surface area contributed by atoms with Crippen LogP contribution in [0.15, 0.2) is 53.0 Å². The quantitative estimate of drug-likeness (QED) is 0.816. The van der Waals surface area contributed by atoms with Crippen molar-refractivity contribution in [3.05, 3.63) is 60.1 Å². The van der Waals surface area contributed by atoms with Gasteiger partial charge in [-0.05, 0) is 68.1 Å². The highest BCUT2D eigenvalue weighted by Crippen LogP contribution is 2.22. The minimum absolute atomic E-state index is 0.228. The molecule has 110 valence electrons. The van der Waals surface area contributed by atoms with Crippen molar-refractivity contribution in [3.63, 3.8) is 0 Å². The second-order valence-electron chi connectivity index (χ2n) is 5.55. The summed E-state index contributed by atoms with van der Waals surface area (Å²) >= 11 is 0. The Kier molecular flexibility index (Phi) is 4.51. The Labute approximate surface area is 124 Å². The lowest BCUT2D eigenvalue weighted by molar-refractivity contribution is 0.419. The maximum absolute atomic E-state index is 12.9. The van der Waals surface area contributed by atoms with E-state index in [9.17, 15) is 4.39 Å². The molecule has 0 saturated heterocycles. The molecular weight excluding hydrogens is 265 g/mol. The first-order valence-corrected chi connectivity index (χ1v) is 7.51. The Morgan fingerprint density at radius 2 is 1.95 bits per heavy atom. The molecule has 0 saturated carbocycles. The second-order valence-corrected chi connectivity index (χ2v) is 5.55. The first kappa shape index (κ1) is 14.1. The zero-order valence-corrected chi connectivity index (χ0v) is 12.0. The van der Waals surface area contributed by atoms with Gasteiger partial charge in [0.15, 0.2) is 0 Å². The van der Waals surface area contributed by atoms with Crippen LogP contribution in [0, 0.1) is 11.7 Å². The van der Waals surface area contributed by atoms with Crippen LogP contribution in [0.4, 0.5) is 4.39 Å². The van der Waals surface area contributed by atoms with E-state index in [-0.39, 0.29) is 5.82 Å². The fraction of sp³-hybridized carbons (Fsp3) is 0.333. The van der Waals surface area contributed by atoms with Crippen molar-refractivity contribution in [1.82, 2.24) is 5.32 Å². The second kappa shape index (κ2) is 6.72. The van der Waals surface area contributed by atoms with Crippen molar-refractivity contribution >= 4 is 0 Å². The summed E-state index contributed by atoms with van der Waals surface area (Å²) in [5, 5.41) is 3.46. The molecule has 1 aromatic carbocycles. The SMILES string of the molecule is Fc1ccc(-c2ccc(CNCC3CC=CCC3)o2)cc1. The van der Waals surface area contributed by atoms with E-state index in [4.69, 9.17) is 4.42 Å². The molecule has 1 heterocycles. The highest BCUT2D eigenvalue weighted by molar-refractivity contribution is 5.57. The Bertz CT molecular complexity index is 600. The van der Waals surface area contributed by atoms with Gasteiger partial charge in [0.05, 0.1) is 6.54 Å². The molecule has 0 spiro atoms. The number of hydrogen-bond donors (Lipinski definition) is 1. The number of hydrogen-bond acceptors (Lipinski definition) is 2. The molecule has 0 fully saturated rings. The van der Waals surface area contributed by atoms with Gasteiger partial charge in [0, 0.05) is 5.56 Å². The van der Waals surface area contributed by atoms with E-state index in [2.05, 4.69) is 17.5 Å². The summed E-state index contributed by atoms with van der Waals surface area (Å²) in [5.74, 6) is 2.21. The number of benzene rings is 1. The molecule has 21 heavy (non-hydrogen) atoms. The van der Waals surface area contributed by atoms with E-state index in [1.54, 1.807) is 12.1 Å². The normalized spacial score (nSPS) is 18.0. The van der Waals surface area contributed by atoms with Crippen LogP contribution in [0.5, 0.6) is 0 Å². The Morgan fingerprint density at radius 3 is 2.71 bits per heavy atom. The molecule has 3 rings (SSSR count). The number of allylic oxidation sites excluding steroid dienone is 2. The lowest BCUT2D eigenvalue weighted by Crippen LogP contribution is -2.22. The van der Waals surface area contributed by atoms with Crippen LogP contribution in [-0.4, -0.2) is 6.54 Å². The van der Waals surface area contributed by atoms with Crippen molar-refractivity contribution < 1.29 is 8.81 Å². The molecule has 3 heteroatoms. The maximum atomic E-state index is 12.9. The average molecular weight is 285 g/mol. The summed E-state index contributed by atoms with van der Waals surface area (Å²) in [6.45, 7) is 1.76. The molecule has 2 nitrogen and oxygen atoms in total. The molecule has 1 atom stereocenters. The first-order valence-electron chi connectivity index (χ1n) is 7.51. The third-order valence-electron chi connectivity index (χ3n) is 3.90. The third kappa shape index (κ3) is 3.82. The lowest BCUT2D eigenvalue weighted by Gasteiger charge is -2.17. The van der Waals surface area contributed by atoms with Crippen LogP contribution >= 0.6 is 0 Å². The van der Waals surface area contributed by atoms with E-state index >= 15 is 0 Å². The summed E-state index contributed by atoms with van der Waals surface area (Å²) in [6, 6.07) is 10.3. The van der Waals surface area contributed by atoms with Gasteiger partial charge in [-0.3, -0.25) is 0 Å². The third-order valence-corrected chi connectivity index (χ3v) is 3.90. The highest BCUT2D eigenvalue weighted by Gasteiger charge is 2.10. The first-order chi connectivity index (χ1) is 10.3. The number of halogens is 1. The predicted molar refractivity (Wildman–Crippen MR) is 82.3 cm³/mol. The predicted octanol–water partition coefficient (Wildman–Crippen LogP) is 4.53. The zero-order chi connectivity index (χ0) is 14.5. The van der Waals surface area contributed by atoms with Gasteiger partial charge in [-0.25, -0.2) is 4.39 Å². The van der Waals surface area contributed by atoms with Crippen LogP contribution in [0.2, 0.25) is 0 Å². The van der Waals surface area contributed by atoms with E-state index in [0.717, 1.165) is 36.1 Å². The van der Waals surface area contributed by atoms with Crippen LogP contribution in [0.3, 0.4) is 0 Å². The zero-order valence-electron chi connectivity index (χ0n) is 12.0. The molecule has 2 aromatic rings. The van der Waals surface area contributed by atoms with Gasteiger partial charge >= 0.3 is 0 Å². The molecular formula is C18H20FNO. The Morgan fingerprint density at radius 1 is 1.10 bits per heavy atom. The van der Waals surface area contributed by atoms with E-state index < -0.39 is 0 Å². The molecule has 0 amide bonds. The molecule has 0 aliphatic heterocycles. The van der Waals surface area contributed by atoms with Gasteiger partial charge in [0.25, 0.3) is 0 Å². The lowest BCUT2D eigenvalue weighted by atomic mass is 9.94. The molecule has 1 aliphatic carbocycles. The molecule has 0 bridgehead atoms. The monoisotopic (exact) mass is 285 g/mol. The molecule has 1 N–H and O–H groups in total. The van der Waals surface area contributed by atoms with E-state index in [0.29, 0.717) is 0 Å². The number of nitrogens with one attached hydrogen (secondary N) is 1. The van der Waals surface area contributed by atoms with Crippen LogP contribution in [0.1, 0.15) is 25.0 Å². The standard InChI is InChI=1S/C18H20FNO/c19-16-8-6-15(7-9-16)18-11-10-17(21-18)13-20-12-14-4-2-1-3-5-14/h1-2,6-11,14,20H,3-5,12-13H2. The summed E-state index contributed by atoms with van der Waals surface area (Å²) < 4.78 is 18.7. The van der Waals surface area contributed by atoms with Gasteiger partial charge < -0.3 is 9.73 Å². The van der Waals surface area contributed by atoms with Gasteiger partial charge in [-0.15, -0.1) is 0 Å². The minimum Gasteiger partial charge on any atom is -0.460 e. The largest absolute Gasteiger partial charge is 0.460 e. The van der Waals surface area contributed by atoms with Crippen molar-refractivity contribution in [2.24, 2.45) is 5.92 Å². The van der Waals surface area contributed by atoms with Gasteiger partial charge in [0.1, 0.15) is 17.3 Å². The summed E-state index contributed by atoms with van der Waals surface area (Å²) in [5.41, 5.74) is 0.903. The smallest absolute Gasteiger partial charge is 0.134 e. The van der Waals surface area contributed by atoms with Gasteiger partial charge in [-0.1, -0.05) is 12.2 Å². The molecule has 1 aromatic heterocycles. The van der Waals surface area contributed by atoms with E-state index in [1.165, 1.54) is 31.4 Å². The van der Waals surface area contributed by atoms with Crippen LogP contribution in [-0.2, 0) is 6.54 Å². The van der Waals surface area contributed by atoms with Crippen molar-refractivity contribution in [3.8, 4) is 11.3 Å². The Balaban J connectivity index is 1.53. The van der Waals surface area contributed by atoms with E-state index in [1.807, 2.05) is 12.1 Å². The van der Waals surface area contributed by atoms with Gasteiger partial charge in [0.2, 0.25) is 0 Å². The summed E-state index contributed by atoms with van der Waals surface area (Å²) in [7, 11) is 0. The fourth-order valence-electron chi connectivity index (χ4n) is 2.68. The Hall–Kier alpha value is -1.87. The highest BCUT2D eigenvalue weighted by atomic mass is 19.1. The van der Waals surface area contributed by atoms with Crippen molar-refractivity contribution in [1.29, 1.82) is 0 Å². The van der Waals surface area contributed by atoms with Crippen molar-refractivity contribution in [2.45, 2.75) is 25.8 Å². The number of rotatable bonds is 5. The topological polar surface area (TPSA) is 25.2 Å².